The van der Waals surface area contributed by atoms with E-state index in [4.69, 9.17) is 0 Å². The molecule has 0 aromatic heterocycles. The third-order valence-corrected chi connectivity index (χ3v) is 2.99. The summed E-state index contributed by atoms with van der Waals surface area (Å²) in [4.78, 5) is 0. The zero-order chi connectivity index (χ0) is 9.07. The molecule has 0 N–H and O–H groups in total. The molecule has 0 aromatic rings. The third-order valence-electron chi connectivity index (χ3n) is 1.90. The first-order chi connectivity index (χ1) is 5.91. The predicted octanol–water partition coefficient (Wildman–Crippen LogP) is 4.65. The highest BCUT2D eigenvalue weighted by atomic mass is 32.2. The Balaban J connectivity index is 2.73. The zero-order valence-electron chi connectivity index (χ0n) is 8.64. The minimum Gasteiger partial charge on any atom is -0.157 e. The van der Waals surface area contributed by atoms with Crippen molar-refractivity contribution in [3.05, 3.63) is 5.75 Å². The van der Waals surface area contributed by atoms with Crippen molar-refractivity contribution in [2.75, 3.05) is 5.75 Å². The molecule has 1 heteroatoms. The predicted molar refractivity (Wildman–Crippen MR) is 60.4 cm³/mol. The van der Waals surface area contributed by atoms with Crippen LogP contribution < -0.4 is 0 Å². The summed E-state index contributed by atoms with van der Waals surface area (Å²) in [6, 6.07) is 0. The lowest BCUT2D eigenvalue weighted by Gasteiger charge is -1.99. The van der Waals surface area contributed by atoms with Crippen LogP contribution in [0.1, 0.15) is 58.8 Å². The number of unbranched alkanes of at least 4 members (excludes halogenated alkanes) is 5. The van der Waals surface area contributed by atoms with Crippen LogP contribution in [0.25, 0.3) is 0 Å². The Labute approximate surface area is 82.5 Å². The highest BCUT2D eigenvalue weighted by Gasteiger charge is 1.90. The molecule has 0 heterocycles. The summed E-state index contributed by atoms with van der Waals surface area (Å²) in [5, 5.41) is 0. The molecular formula is C11H23S. The summed E-state index contributed by atoms with van der Waals surface area (Å²) in [7, 11) is 0. The first-order valence-corrected chi connectivity index (χ1v) is 6.40. The quantitative estimate of drug-likeness (QED) is 0.473. The van der Waals surface area contributed by atoms with Gasteiger partial charge < -0.3 is 0 Å². The molecule has 1 radical (unpaired) electrons. The van der Waals surface area contributed by atoms with Crippen LogP contribution in [0.2, 0.25) is 0 Å². The average Bonchev–Trinajstić information content (AvgIpc) is 2.10. The van der Waals surface area contributed by atoms with E-state index in [0.29, 0.717) is 0 Å². The van der Waals surface area contributed by atoms with Crippen molar-refractivity contribution in [3.8, 4) is 0 Å². The normalized spacial score (nSPS) is 10.5. The van der Waals surface area contributed by atoms with Gasteiger partial charge in [-0.25, -0.2) is 0 Å². The monoisotopic (exact) mass is 187 g/mol. The van der Waals surface area contributed by atoms with Crippen molar-refractivity contribution in [2.24, 2.45) is 0 Å². The van der Waals surface area contributed by atoms with E-state index >= 15 is 0 Å². The molecule has 0 nitrogen and oxygen atoms in total. The molecule has 73 valence electrons. The molecule has 0 saturated heterocycles. The van der Waals surface area contributed by atoms with Gasteiger partial charge in [0.2, 0.25) is 0 Å². The molecule has 0 bridgehead atoms. The molecule has 0 aliphatic carbocycles. The van der Waals surface area contributed by atoms with Gasteiger partial charge in [0, 0.05) is 5.75 Å². The van der Waals surface area contributed by atoms with Gasteiger partial charge in [0.15, 0.2) is 0 Å². The maximum Gasteiger partial charge on any atom is 0.0163 e. The largest absolute Gasteiger partial charge is 0.157 e. The van der Waals surface area contributed by atoms with Gasteiger partial charge in [-0.15, -0.1) is 0 Å². The summed E-state index contributed by atoms with van der Waals surface area (Å²) in [5.74, 6) is 3.64. The standard InChI is InChI=1S/C11H23S/c1-3-5-6-7-8-9-11-12-10-4-2/h10H,3-9,11H2,1-2H3. The molecule has 0 aromatic carbocycles. The molecule has 0 amide bonds. The van der Waals surface area contributed by atoms with E-state index in [1.807, 2.05) is 11.8 Å². The summed E-state index contributed by atoms with van der Waals surface area (Å²) in [6.45, 7) is 4.47. The van der Waals surface area contributed by atoms with Crippen LogP contribution in [0.3, 0.4) is 0 Å². The van der Waals surface area contributed by atoms with E-state index < -0.39 is 0 Å². The SMILES string of the molecule is CC[CH]SCCCCCCCC. The molecule has 12 heavy (non-hydrogen) atoms. The second-order valence-electron chi connectivity index (χ2n) is 3.21. The van der Waals surface area contributed by atoms with E-state index in [-0.39, 0.29) is 0 Å². The Kier molecular flexibility index (Phi) is 11.7. The fourth-order valence-electron chi connectivity index (χ4n) is 1.17. The van der Waals surface area contributed by atoms with Crippen molar-refractivity contribution < 1.29 is 0 Å². The van der Waals surface area contributed by atoms with Gasteiger partial charge in [-0.3, -0.25) is 0 Å². The van der Waals surface area contributed by atoms with Gasteiger partial charge in [-0.05, 0) is 18.6 Å². The molecule has 0 unspecified atom stereocenters. The van der Waals surface area contributed by atoms with E-state index in [9.17, 15) is 0 Å². The summed E-state index contributed by atoms with van der Waals surface area (Å²) >= 11 is 1.99. The Morgan fingerprint density at radius 3 is 2.25 bits per heavy atom. The van der Waals surface area contributed by atoms with Crippen molar-refractivity contribution in [3.63, 3.8) is 0 Å². The van der Waals surface area contributed by atoms with Gasteiger partial charge >= 0.3 is 0 Å². The zero-order valence-corrected chi connectivity index (χ0v) is 9.46. The van der Waals surface area contributed by atoms with Crippen LogP contribution in [0, 0.1) is 5.75 Å². The van der Waals surface area contributed by atoms with Crippen LogP contribution in [0.5, 0.6) is 0 Å². The van der Waals surface area contributed by atoms with Crippen LogP contribution in [-0.4, -0.2) is 5.75 Å². The van der Waals surface area contributed by atoms with E-state index in [2.05, 4.69) is 19.6 Å². The first-order valence-electron chi connectivity index (χ1n) is 5.35. The molecular weight excluding hydrogens is 164 g/mol. The summed E-state index contributed by atoms with van der Waals surface area (Å²) in [6.07, 6.45) is 9.72. The highest BCUT2D eigenvalue weighted by Crippen LogP contribution is 2.12. The topological polar surface area (TPSA) is 0 Å². The number of rotatable bonds is 9. The molecule has 0 rings (SSSR count). The molecule has 0 spiro atoms. The maximum absolute atomic E-state index is 2.31. The smallest absolute Gasteiger partial charge is 0.0163 e. The van der Waals surface area contributed by atoms with Gasteiger partial charge in [-0.2, -0.15) is 11.8 Å². The first kappa shape index (κ1) is 12.3. The Morgan fingerprint density at radius 2 is 1.58 bits per heavy atom. The fourth-order valence-corrected chi connectivity index (χ4v) is 1.94. The van der Waals surface area contributed by atoms with Crippen molar-refractivity contribution in [2.45, 2.75) is 58.8 Å². The molecule has 0 atom stereocenters. The second kappa shape index (κ2) is 11.4. The minimum absolute atomic E-state index is 1.21. The Morgan fingerprint density at radius 1 is 0.917 bits per heavy atom. The Bertz CT molecular complexity index is 61.4. The van der Waals surface area contributed by atoms with E-state index in [0.717, 1.165) is 0 Å². The van der Waals surface area contributed by atoms with Crippen LogP contribution >= 0.6 is 11.8 Å². The van der Waals surface area contributed by atoms with Crippen molar-refractivity contribution >= 4 is 11.8 Å². The number of thioether (sulfide) groups is 1. The lowest BCUT2D eigenvalue weighted by Crippen LogP contribution is -1.81. The van der Waals surface area contributed by atoms with Gasteiger partial charge in [-0.1, -0.05) is 46.0 Å². The maximum atomic E-state index is 2.31. The molecule has 0 aliphatic rings. The van der Waals surface area contributed by atoms with Gasteiger partial charge in [0.05, 0.1) is 0 Å². The average molecular weight is 187 g/mol. The second-order valence-corrected chi connectivity index (χ2v) is 4.29. The summed E-state index contributed by atoms with van der Waals surface area (Å²) < 4.78 is 0. The molecule has 0 fully saturated rings. The lowest BCUT2D eigenvalue weighted by molar-refractivity contribution is 0.627. The number of hydrogen-bond donors (Lipinski definition) is 0. The lowest BCUT2D eigenvalue weighted by atomic mass is 10.1. The number of hydrogen-bond acceptors (Lipinski definition) is 1. The third kappa shape index (κ3) is 10.3. The van der Waals surface area contributed by atoms with Gasteiger partial charge in [0.1, 0.15) is 0 Å². The van der Waals surface area contributed by atoms with Gasteiger partial charge in [0.25, 0.3) is 0 Å². The van der Waals surface area contributed by atoms with E-state index in [1.165, 1.54) is 50.7 Å². The highest BCUT2D eigenvalue weighted by molar-refractivity contribution is 8.01. The molecule has 0 aliphatic heterocycles. The summed E-state index contributed by atoms with van der Waals surface area (Å²) in [5.41, 5.74) is 0. The van der Waals surface area contributed by atoms with E-state index in [1.54, 1.807) is 0 Å². The Hall–Kier alpha value is 0.350. The van der Waals surface area contributed by atoms with Crippen LogP contribution in [0.4, 0.5) is 0 Å². The minimum atomic E-state index is 1.21. The van der Waals surface area contributed by atoms with Crippen LogP contribution in [-0.2, 0) is 0 Å². The van der Waals surface area contributed by atoms with Crippen LogP contribution in [0.15, 0.2) is 0 Å². The molecule has 0 saturated carbocycles. The van der Waals surface area contributed by atoms with Crippen molar-refractivity contribution in [1.29, 1.82) is 0 Å². The van der Waals surface area contributed by atoms with Crippen molar-refractivity contribution in [1.82, 2.24) is 0 Å². The fraction of sp³-hybridized carbons (Fsp3) is 0.909.